The lowest BCUT2D eigenvalue weighted by Crippen LogP contribution is -2.31. The van der Waals surface area contributed by atoms with Crippen molar-refractivity contribution in [3.8, 4) is 5.75 Å². The van der Waals surface area contributed by atoms with E-state index in [1.54, 1.807) is 18.4 Å². The number of thiophene rings is 1. The van der Waals surface area contributed by atoms with Crippen molar-refractivity contribution in [1.82, 2.24) is 5.32 Å². The van der Waals surface area contributed by atoms with Gasteiger partial charge in [-0.3, -0.25) is 0 Å². The van der Waals surface area contributed by atoms with Gasteiger partial charge in [0.05, 0.1) is 13.2 Å². The number of hydrogen-bond acceptors (Lipinski definition) is 4. The third-order valence-electron chi connectivity index (χ3n) is 3.25. The van der Waals surface area contributed by atoms with Crippen LogP contribution in [-0.4, -0.2) is 24.8 Å². The van der Waals surface area contributed by atoms with Crippen LogP contribution in [0.25, 0.3) is 0 Å². The summed E-state index contributed by atoms with van der Waals surface area (Å²) in [6, 6.07) is 12.1. The van der Waals surface area contributed by atoms with Crippen LogP contribution in [0.2, 0.25) is 0 Å². The van der Waals surface area contributed by atoms with Crippen LogP contribution in [0.3, 0.4) is 0 Å². The van der Waals surface area contributed by atoms with Crippen molar-refractivity contribution in [2.45, 2.75) is 25.5 Å². The fourth-order valence-corrected chi connectivity index (χ4v) is 2.89. The van der Waals surface area contributed by atoms with Crippen molar-refractivity contribution >= 4 is 11.3 Å². The molecule has 0 fully saturated rings. The van der Waals surface area contributed by atoms with Gasteiger partial charge in [-0.15, -0.1) is 11.3 Å². The molecule has 0 saturated heterocycles. The van der Waals surface area contributed by atoms with Crippen LogP contribution < -0.4 is 10.1 Å². The molecule has 2 unspecified atom stereocenters. The van der Waals surface area contributed by atoms with E-state index in [2.05, 4.69) is 29.8 Å². The van der Waals surface area contributed by atoms with Crippen molar-refractivity contribution < 1.29 is 9.84 Å². The van der Waals surface area contributed by atoms with E-state index < -0.39 is 6.10 Å². The molecule has 0 aliphatic heterocycles. The van der Waals surface area contributed by atoms with E-state index >= 15 is 0 Å². The summed E-state index contributed by atoms with van der Waals surface area (Å²) >= 11 is 1.77. The molecule has 2 rings (SSSR count). The van der Waals surface area contributed by atoms with Crippen LogP contribution in [0.5, 0.6) is 5.75 Å². The predicted octanol–water partition coefficient (Wildman–Crippen LogP) is 3.01. The number of aliphatic hydroxyl groups is 1. The molecule has 0 saturated carbocycles. The molecule has 0 bridgehead atoms. The molecule has 0 aliphatic carbocycles. The van der Waals surface area contributed by atoms with Crippen LogP contribution in [0, 0.1) is 0 Å². The molecule has 2 N–H and O–H groups in total. The molecule has 2 atom stereocenters. The van der Waals surface area contributed by atoms with Crippen molar-refractivity contribution in [2.75, 3.05) is 13.7 Å². The van der Waals surface area contributed by atoms with E-state index in [9.17, 15) is 5.11 Å². The molecular weight excluding hydrogens is 270 g/mol. The van der Waals surface area contributed by atoms with E-state index in [-0.39, 0.29) is 0 Å². The summed E-state index contributed by atoms with van der Waals surface area (Å²) in [5.41, 5.74) is 0.904. The number of hydrogen-bond donors (Lipinski definition) is 2. The van der Waals surface area contributed by atoms with Crippen LogP contribution in [-0.2, 0) is 6.42 Å². The van der Waals surface area contributed by atoms with Gasteiger partial charge in [0.1, 0.15) is 5.75 Å². The van der Waals surface area contributed by atoms with E-state index in [0.29, 0.717) is 12.6 Å². The average molecular weight is 291 g/mol. The monoisotopic (exact) mass is 291 g/mol. The predicted molar refractivity (Wildman–Crippen MR) is 83.4 cm³/mol. The lowest BCUT2D eigenvalue weighted by atomic mass is 10.1. The minimum atomic E-state index is -0.494. The normalized spacial score (nSPS) is 13.9. The first-order chi connectivity index (χ1) is 9.69. The molecule has 1 aromatic carbocycles. The van der Waals surface area contributed by atoms with Crippen LogP contribution in [0.1, 0.15) is 23.5 Å². The first-order valence-corrected chi connectivity index (χ1v) is 7.65. The Bertz CT molecular complexity index is 496. The van der Waals surface area contributed by atoms with E-state index in [4.69, 9.17) is 4.74 Å². The SMILES string of the molecule is COc1ccc(C(O)CNC(C)Cc2cccs2)cc1. The van der Waals surface area contributed by atoms with Gasteiger partial charge in [-0.05, 0) is 42.5 Å². The molecule has 108 valence electrons. The number of nitrogens with one attached hydrogen (secondary N) is 1. The Labute approximate surface area is 124 Å². The first kappa shape index (κ1) is 15.0. The standard InChI is InChI=1S/C16H21NO2S/c1-12(10-15-4-3-9-20-15)17-11-16(18)13-5-7-14(19-2)8-6-13/h3-9,12,16-18H,10-11H2,1-2H3. The van der Waals surface area contributed by atoms with Gasteiger partial charge in [0, 0.05) is 17.5 Å². The summed E-state index contributed by atoms with van der Waals surface area (Å²) < 4.78 is 5.11. The zero-order valence-corrected chi connectivity index (χ0v) is 12.7. The van der Waals surface area contributed by atoms with E-state index in [1.165, 1.54) is 4.88 Å². The van der Waals surface area contributed by atoms with E-state index in [0.717, 1.165) is 17.7 Å². The maximum atomic E-state index is 10.2. The molecular formula is C16H21NO2S. The second kappa shape index (κ2) is 7.43. The van der Waals surface area contributed by atoms with Crippen LogP contribution in [0.15, 0.2) is 41.8 Å². The summed E-state index contributed by atoms with van der Waals surface area (Å²) in [4.78, 5) is 1.36. The molecule has 0 spiro atoms. The van der Waals surface area contributed by atoms with Gasteiger partial charge in [-0.1, -0.05) is 18.2 Å². The maximum Gasteiger partial charge on any atom is 0.118 e. The largest absolute Gasteiger partial charge is 0.497 e. The van der Waals surface area contributed by atoms with Gasteiger partial charge in [-0.25, -0.2) is 0 Å². The number of benzene rings is 1. The Hall–Kier alpha value is -1.36. The topological polar surface area (TPSA) is 41.5 Å². The first-order valence-electron chi connectivity index (χ1n) is 6.77. The second-order valence-corrected chi connectivity index (χ2v) is 5.91. The third-order valence-corrected chi connectivity index (χ3v) is 4.15. The van der Waals surface area contributed by atoms with Crippen LogP contribution in [0.4, 0.5) is 0 Å². The van der Waals surface area contributed by atoms with Gasteiger partial charge < -0.3 is 15.2 Å². The minimum absolute atomic E-state index is 0.349. The number of ether oxygens (including phenoxy) is 1. The summed E-state index contributed by atoms with van der Waals surface area (Å²) in [6.07, 6.45) is 0.499. The molecule has 2 aromatic rings. The zero-order chi connectivity index (χ0) is 14.4. The Morgan fingerprint density at radius 2 is 2.00 bits per heavy atom. The van der Waals surface area contributed by atoms with Crippen molar-refractivity contribution in [1.29, 1.82) is 0 Å². The van der Waals surface area contributed by atoms with Gasteiger partial charge in [-0.2, -0.15) is 0 Å². The number of rotatable bonds is 7. The minimum Gasteiger partial charge on any atom is -0.497 e. The van der Waals surface area contributed by atoms with Crippen molar-refractivity contribution in [2.24, 2.45) is 0 Å². The third kappa shape index (κ3) is 4.34. The molecule has 0 aliphatic rings. The Morgan fingerprint density at radius 1 is 1.25 bits per heavy atom. The molecule has 20 heavy (non-hydrogen) atoms. The summed E-state index contributed by atoms with van der Waals surface area (Å²) in [7, 11) is 1.64. The summed E-state index contributed by atoms with van der Waals surface area (Å²) in [6.45, 7) is 2.69. The highest BCUT2D eigenvalue weighted by atomic mass is 32.1. The number of aliphatic hydroxyl groups excluding tert-OH is 1. The molecule has 4 heteroatoms. The molecule has 0 amide bonds. The van der Waals surface area contributed by atoms with Gasteiger partial charge >= 0.3 is 0 Å². The van der Waals surface area contributed by atoms with Gasteiger partial charge in [0.25, 0.3) is 0 Å². The maximum absolute atomic E-state index is 10.2. The second-order valence-electron chi connectivity index (χ2n) is 4.88. The molecule has 1 heterocycles. The van der Waals surface area contributed by atoms with Crippen molar-refractivity contribution in [3.63, 3.8) is 0 Å². The fourth-order valence-electron chi connectivity index (χ4n) is 2.06. The molecule has 3 nitrogen and oxygen atoms in total. The molecule has 0 radical (unpaired) electrons. The number of methoxy groups -OCH3 is 1. The lowest BCUT2D eigenvalue weighted by molar-refractivity contribution is 0.170. The van der Waals surface area contributed by atoms with Crippen molar-refractivity contribution in [3.05, 3.63) is 52.2 Å². The lowest BCUT2D eigenvalue weighted by Gasteiger charge is -2.17. The summed E-state index contributed by atoms with van der Waals surface area (Å²) in [5, 5.41) is 15.6. The van der Waals surface area contributed by atoms with Gasteiger partial charge in [0.2, 0.25) is 0 Å². The van der Waals surface area contributed by atoms with Crippen LogP contribution >= 0.6 is 11.3 Å². The highest BCUT2D eigenvalue weighted by Crippen LogP contribution is 2.17. The quantitative estimate of drug-likeness (QED) is 0.824. The Morgan fingerprint density at radius 3 is 2.60 bits per heavy atom. The highest BCUT2D eigenvalue weighted by Gasteiger charge is 2.10. The average Bonchev–Trinajstić information content (AvgIpc) is 2.97. The highest BCUT2D eigenvalue weighted by molar-refractivity contribution is 7.09. The Kier molecular flexibility index (Phi) is 5.59. The zero-order valence-electron chi connectivity index (χ0n) is 11.9. The van der Waals surface area contributed by atoms with Gasteiger partial charge in [0.15, 0.2) is 0 Å². The Balaban J connectivity index is 1.80. The summed E-state index contributed by atoms with van der Waals surface area (Å²) in [5.74, 6) is 0.806. The molecule has 1 aromatic heterocycles. The van der Waals surface area contributed by atoms with E-state index in [1.807, 2.05) is 24.3 Å². The fraction of sp³-hybridized carbons (Fsp3) is 0.375. The smallest absolute Gasteiger partial charge is 0.118 e.